The average Bonchev–Trinajstić information content (AvgIpc) is 2.28. The van der Waals surface area contributed by atoms with E-state index in [4.69, 9.17) is 4.74 Å². The third-order valence-corrected chi connectivity index (χ3v) is 2.21. The Morgan fingerprint density at radius 2 is 2.40 bits per heavy atom. The lowest BCUT2D eigenvalue weighted by Gasteiger charge is -2.14. The molecule has 0 aromatic carbocycles. The number of fused-ring (bicyclic) bond motifs is 1. The highest BCUT2D eigenvalue weighted by Crippen LogP contribution is 2.09. The van der Waals surface area contributed by atoms with Crippen molar-refractivity contribution < 1.29 is 14.3 Å². The second kappa shape index (κ2) is 3.82. The number of nitrogens with zero attached hydrogens (tertiary/aromatic N) is 1. The second-order valence-corrected chi connectivity index (χ2v) is 3.13. The molecule has 1 N–H and O–H groups in total. The molecule has 15 heavy (non-hydrogen) atoms. The first-order chi connectivity index (χ1) is 7.22. The number of hydrogen-bond acceptors (Lipinski definition) is 5. The van der Waals surface area contributed by atoms with E-state index in [-0.39, 0.29) is 18.0 Å². The fourth-order valence-electron chi connectivity index (χ4n) is 1.44. The number of rotatable bonds is 1. The van der Waals surface area contributed by atoms with Crippen LogP contribution in [0.15, 0.2) is 4.79 Å². The maximum absolute atomic E-state index is 11.5. The van der Waals surface area contributed by atoms with Crippen LogP contribution in [0.5, 0.6) is 0 Å². The molecule has 0 spiro atoms. The molecule has 1 aliphatic rings. The SMILES string of the molecule is COC(=O)c1nc2c(c(=O)[nH]1)COCC2. The van der Waals surface area contributed by atoms with Crippen molar-refractivity contribution in [2.24, 2.45) is 0 Å². The molecule has 1 aromatic rings. The molecule has 0 amide bonds. The van der Waals surface area contributed by atoms with Crippen LogP contribution in [-0.4, -0.2) is 29.7 Å². The number of ether oxygens (including phenoxy) is 2. The quantitative estimate of drug-likeness (QED) is 0.639. The molecular formula is C9H10N2O4. The predicted octanol–water partition coefficient (Wildman–Crippen LogP) is -0.371. The molecule has 2 rings (SSSR count). The number of hydrogen-bond donors (Lipinski definition) is 1. The summed E-state index contributed by atoms with van der Waals surface area (Å²) in [6.45, 7) is 0.767. The van der Waals surface area contributed by atoms with Crippen molar-refractivity contribution in [1.82, 2.24) is 9.97 Å². The molecule has 6 nitrogen and oxygen atoms in total. The van der Waals surface area contributed by atoms with Gasteiger partial charge in [0.1, 0.15) is 0 Å². The molecule has 1 aliphatic heterocycles. The van der Waals surface area contributed by atoms with Gasteiger partial charge in [-0.15, -0.1) is 0 Å². The van der Waals surface area contributed by atoms with Crippen molar-refractivity contribution in [3.05, 3.63) is 27.4 Å². The lowest BCUT2D eigenvalue weighted by Crippen LogP contribution is -2.27. The third-order valence-electron chi connectivity index (χ3n) is 2.21. The lowest BCUT2D eigenvalue weighted by atomic mass is 10.1. The Morgan fingerprint density at radius 3 is 3.13 bits per heavy atom. The summed E-state index contributed by atoms with van der Waals surface area (Å²) in [6, 6.07) is 0. The zero-order chi connectivity index (χ0) is 10.8. The molecule has 0 aliphatic carbocycles. The molecule has 6 heteroatoms. The van der Waals surface area contributed by atoms with Gasteiger partial charge in [-0.2, -0.15) is 0 Å². The van der Waals surface area contributed by atoms with E-state index in [1.807, 2.05) is 0 Å². The highest BCUT2D eigenvalue weighted by Gasteiger charge is 2.18. The average molecular weight is 210 g/mol. The van der Waals surface area contributed by atoms with Crippen LogP contribution in [0, 0.1) is 0 Å². The monoisotopic (exact) mass is 210 g/mol. The Hall–Kier alpha value is -1.69. The number of carbonyl (C=O) groups excluding carboxylic acids is 1. The zero-order valence-electron chi connectivity index (χ0n) is 8.20. The Morgan fingerprint density at radius 1 is 1.60 bits per heavy atom. The van der Waals surface area contributed by atoms with Crippen LogP contribution in [0.25, 0.3) is 0 Å². The maximum atomic E-state index is 11.5. The summed E-state index contributed by atoms with van der Waals surface area (Å²) in [6.07, 6.45) is 0.545. The lowest BCUT2D eigenvalue weighted by molar-refractivity contribution is 0.0583. The van der Waals surface area contributed by atoms with Gasteiger partial charge in [0.05, 0.1) is 31.6 Å². The predicted molar refractivity (Wildman–Crippen MR) is 49.6 cm³/mol. The fourth-order valence-corrected chi connectivity index (χ4v) is 1.44. The molecule has 0 bridgehead atoms. The van der Waals surface area contributed by atoms with Gasteiger partial charge >= 0.3 is 5.97 Å². The van der Waals surface area contributed by atoms with Crippen molar-refractivity contribution in [1.29, 1.82) is 0 Å². The highest BCUT2D eigenvalue weighted by atomic mass is 16.5. The van der Waals surface area contributed by atoms with Crippen molar-refractivity contribution in [2.75, 3.05) is 13.7 Å². The van der Waals surface area contributed by atoms with E-state index in [9.17, 15) is 9.59 Å². The van der Waals surface area contributed by atoms with Crippen LogP contribution in [-0.2, 0) is 22.5 Å². The summed E-state index contributed by atoms with van der Waals surface area (Å²) in [5.41, 5.74) is 0.777. The van der Waals surface area contributed by atoms with Gasteiger partial charge in [-0.05, 0) is 0 Å². The van der Waals surface area contributed by atoms with E-state index in [0.29, 0.717) is 24.3 Å². The molecule has 0 saturated heterocycles. The Balaban J connectivity index is 2.50. The summed E-state index contributed by atoms with van der Waals surface area (Å²) in [5, 5.41) is 0. The molecule has 0 radical (unpaired) electrons. The van der Waals surface area contributed by atoms with Gasteiger partial charge in [0.15, 0.2) is 0 Å². The van der Waals surface area contributed by atoms with Crippen molar-refractivity contribution in [3.63, 3.8) is 0 Å². The second-order valence-electron chi connectivity index (χ2n) is 3.13. The van der Waals surface area contributed by atoms with Gasteiger partial charge in [0.2, 0.25) is 5.82 Å². The molecular weight excluding hydrogens is 200 g/mol. The van der Waals surface area contributed by atoms with Crippen LogP contribution in [0.2, 0.25) is 0 Å². The number of nitrogens with one attached hydrogen (secondary N) is 1. The van der Waals surface area contributed by atoms with Crippen LogP contribution >= 0.6 is 0 Å². The van der Waals surface area contributed by atoms with Crippen molar-refractivity contribution in [3.8, 4) is 0 Å². The maximum Gasteiger partial charge on any atom is 0.374 e. The minimum Gasteiger partial charge on any atom is -0.463 e. The Bertz CT molecular complexity index is 452. The van der Waals surface area contributed by atoms with E-state index >= 15 is 0 Å². The van der Waals surface area contributed by atoms with E-state index < -0.39 is 5.97 Å². The van der Waals surface area contributed by atoms with Crippen LogP contribution in [0.1, 0.15) is 21.9 Å². The first kappa shape index (κ1) is 9.85. The van der Waals surface area contributed by atoms with E-state index in [1.54, 1.807) is 0 Å². The van der Waals surface area contributed by atoms with Crippen LogP contribution in [0.3, 0.4) is 0 Å². The molecule has 0 unspecified atom stereocenters. The van der Waals surface area contributed by atoms with Gasteiger partial charge < -0.3 is 14.5 Å². The number of carbonyl (C=O) groups is 1. The summed E-state index contributed by atoms with van der Waals surface area (Å²) in [4.78, 5) is 29.1. The van der Waals surface area contributed by atoms with E-state index in [1.165, 1.54) is 7.11 Å². The number of methoxy groups -OCH3 is 1. The third kappa shape index (κ3) is 1.75. The van der Waals surface area contributed by atoms with Crippen molar-refractivity contribution in [2.45, 2.75) is 13.0 Å². The standard InChI is InChI=1S/C9H10N2O4/c1-14-9(13)7-10-6-2-3-15-4-5(6)8(12)11-7/h2-4H2,1H3,(H,10,11,12). The smallest absolute Gasteiger partial charge is 0.374 e. The van der Waals surface area contributed by atoms with Crippen LogP contribution < -0.4 is 5.56 Å². The highest BCUT2D eigenvalue weighted by molar-refractivity contribution is 5.84. The molecule has 0 fully saturated rings. The van der Waals surface area contributed by atoms with E-state index in [0.717, 1.165) is 0 Å². The number of aromatic amines is 1. The number of aromatic nitrogens is 2. The van der Waals surface area contributed by atoms with Gasteiger partial charge in [0.25, 0.3) is 5.56 Å². The van der Waals surface area contributed by atoms with Gasteiger partial charge in [-0.3, -0.25) is 4.79 Å². The molecule has 2 heterocycles. The van der Waals surface area contributed by atoms with E-state index in [2.05, 4.69) is 14.7 Å². The Kier molecular flexibility index (Phi) is 2.51. The first-order valence-corrected chi connectivity index (χ1v) is 4.50. The largest absolute Gasteiger partial charge is 0.463 e. The molecule has 0 atom stereocenters. The minimum absolute atomic E-state index is 0.0526. The fraction of sp³-hybridized carbons (Fsp3) is 0.444. The summed E-state index contributed by atoms with van der Waals surface area (Å²) < 4.78 is 9.61. The van der Waals surface area contributed by atoms with Gasteiger partial charge in [-0.25, -0.2) is 9.78 Å². The molecule has 80 valence electrons. The number of esters is 1. The normalized spacial score (nSPS) is 14.5. The van der Waals surface area contributed by atoms with Gasteiger partial charge in [-0.1, -0.05) is 0 Å². The zero-order valence-corrected chi connectivity index (χ0v) is 8.20. The molecule has 0 saturated carbocycles. The topological polar surface area (TPSA) is 81.3 Å². The molecule has 1 aromatic heterocycles. The van der Waals surface area contributed by atoms with Gasteiger partial charge in [0, 0.05) is 6.42 Å². The van der Waals surface area contributed by atoms with Crippen LogP contribution in [0.4, 0.5) is 0 Å². The Labute approximate surface area is 85.2 Å². The first-order valence-electron chi connectivity index (χ1n) is 4.50. The summed E-state index contributed by atoms with van der Waals surface area (Å²) >= 11 is 0. The minimum atomic E-state index is -0.638. The summed E-state index contributed by atoms with van der Waals surface area (Å²) in [5.74, 6) is -0.690. The van der Waals surface area contributed by atoms with Crippen molar-refractivity contribution >= 4 is 5.97 Å². The number of H-pyrrole nitrogens is 1. The summed E-state index contributed by atoms with van der Waals surface area (Å²) in [7, 11) is 1.24.